The van der Waals surface area contributed by atoms with Crippen LogP contribution < -0.4 is 5.32 Å². The number of amides is 1. The Hall–Kier alpha value is -1.02. The van der Waals surface area contributed by atoms with Crippen LogP contribution in [0.25, 0.3) is 0 Å². The molecule has 7 heteroatoms. The van der Waals surface area contributed by atoms with Crippen LogP contribution >= 0.6 is 0 Å². The first kappa shape index (κ1) is 32.9. The normalized spacial score (nSPS) is 38.9. The monoisotopic (exact) mass is 577 g/mol. The number of aliphatic hydroxyl groups excluding tert-OH is 2. The fourth-order valence-corrected chi connectivity index (χ4v) is 9.96. The quantitative estimate of drug-likeness (QED) is 0.228. The van der Waals surface area contributed by atoms with Crippen LogP contribution in [0.1, 0.15) is 111 Å². The van der Waals surface area contributed by atoms with Gasteiger partial charge in [0.15, 0.2) is 0 Å². The van der Waals surface area contributed by atoms with Crippen molar-refractivity contribution in [2.24, 2.45) is 46.3 Å². The summed E-state index contributed by atoms with van der Waals surface area (Å²) in [5, 5.41) is 24.8. The number of fused-ring (bicyclic) bond motifs is 5. The molecule has 0 spiro atoms. The second-order valence-corrected chi connectivity index (χ2v) is 14.5. The number of ketones is 1. The standard InChI is InChI=1S/C34H59NO6/c1-5-25(36)7-6-17-40-19-20-41-18-16-35-31(39)11-8-23(2)27-9-10-28-32-29(13-15-34(27,28)4)33(3)14-12-26(37)21-24(33)22-30(32)38/h23-24,26-30,32,37-38H,5-22H2,1-4H3,(H,35,39)/t23-,24+,26-,27?,28+,29+,30-,32+,33+,34-/m1/s1. The van der Waals surface area contributed by atoms with E-state index in [4.69, 9.17) is 9.47 Å². The number of nitrogens with one attached hydrogen (secondary N) is 1. The molecular formula is C34H59NO6. The summed E-state index contributed by atoms with van der Waals surface area (Å²) < 4.78 is 11.1. The Bertz CT molecular complexity index is 866. The second-order valence-electron chi connectivity index (χ2n) is 14.5. The lowest BCUT2D eigenvalue weighted by atomic mass is 9.43. The van der Waals surface area contributed by atoms with Crippen molar-refractivity contribution in [3.8, 4) is 0 Å². The van der Waals surface area contributed by atoms with Gasteiger partial charge in [0, 0.05) is 32.4 Å². The Balaban J connectivity index is 1.15. The minimum Gasteiger partial charge on any atom is -0.393 e. The van der Waals surface area contributed by atoms with E-state index in [-0.39, 0.29) is 34.7 Å². The van der Waals surface area contributed by atoms with E-state index in [9.17, 15) is 19.8 Å². The topological polar surface area (TPSA) is 105 Å². The molecule has 4 fully saturated rings. The average molecular weight is 578 g/mol. The number of hydrogen-bond acceptors (Lipinski definition) is 6. The van der Waals surface area contributed by atoms with Crippen LogP contribution in [0.5, 0.6) is 0 Å². The van der Waals surface area contributed by atoms with Crippen LogP contribution in [0.15, 0.2) is 0 Å². The Morgan fingerprint density at radius 2 is 1.61 bits per heavy atom. The molecule has 0 aromatic carbocycles. The van der Waals surface area contributed by atoms with Crippen molar-refractivity contribution in [2.75, 3.05) is 33.0 Å². The van der Waals surface area contributed by atoms with E-state index in [0.717, 1.165) is 38.5 Å². The predicted molar refractivity (Wildman–Crippen MR) is 160 cm³/mol. The fourth-order valence-electron chi connectivity index (χ4n) is 9.96. The van der Waals surface area contributed by atoms with Gasteiger partial charge in [-0.15, -0.1) is 0 Å². The molecule has 41 heavy (non-hydrogen) atoms. The van der Waals surface area contributed by atoms with Gasteiger partial charge in [0.05, 0.1) is 32.0 Å². The molecular weight excluding hydrogens is 518 g/mol. The molecule has 3 N–H and O–H groups in total. The Morgan fingerprint density at radius 1 is 0.902 bits per heavy atom. The molecule has 4 saturated carbocycles. The van der Waals surface area contributed by atoms with Gasteiger partial charge in [-0.2, -0.15) is 0 Å². The van der Waals surface area contributed by atoms with Crippen molar-refractivity contribution >= 4 is 11.7 Å². The molecule has 0 saturated heterocycles. The van der Waals surface area contributed by atoms with E-state index in [1.165, 1.54) is 25.7 Å². The summed E-state index contributed by atoms with van der Waals surface area (Å²) in [6.07, 6.45) is 11.6. The third-order valence-corrected chi connectivity index (χ3v) is 12.3. The van der Waals surface area contributed by atoms with E-state index in [2.05, 4.69) is 26.1 Å². The van der Waals surface area contributed by atoms with Crippen LogP contribution in [-0.4, -0.2) is 67.1 Å². The fraction of sp³-hybridized carbons (Fsp3) is 0.941. The van der Waals surface area contributed by atoms with Gasteiger partial charge in [-0.3, -0.25) is 9.59 Å². The molecule has 0 aromatic heterocycles. The van der Waals surface area contributed by atoms with Gasteiger partial charge in [-0.1, -0.05) is 27.7 Å². The zero-order valence-electron chi connectivity index (χ0n) is 26.4. The van der Waals surface area contributed by atoms with Crippen molar-refractivity contribution < 1.29 is 29.3 Å². The minimum absolute atomic E-state index is 0.0989. The lowest BCUT2D eigenvalue weighted by Crippen LogP contribution is -2.58. The molecule has 1 unspecified atom stereocenters. The molecule has 7 nitrogen and oxygen atoms in total. The molecule has 0 bridgehead atoms. The molecule has 0 aliphatic heterocycles. The van der Waals surface area contributed by atoms with Crippen molar-refractivity contribution in [2.45, 2.75) is 123 Å². The lowest BCUT2D eigenvalue weighted by molar-refractivity contribution is -0.174. The average Bonchev–Trinajstić information content (AvgIpc) is 3.30. The summed E-state index contributed by atoms with van der Waals surface area (Å²) in [7, 11) is 0. The maximum absolute atomic E-state index is 12.6. The molecule has 236 valence electrons. The summed E-state index contributed by atoms with van der Waals surface area (Å²) in [6, 6.07) is 0. The van der Waals surface area contributed by atoms with E-state index < -0.39 is 0 Å². The number of Topliss-reactive ketones (excluding diaryl/α,β-unsaturated/α-hetero) is 1. The Morgan fingerprint density at radius 3 is 2.37 bits per heavy atom. The third-order valence-electron chi connectivity index (χ3n) is 12.3. The number of carbonyl (C=O) groups excluding carboxylic acids is 2. The second kappa shape index (κ2) is 14.6. The van der Waals surface area contributed by atoms with Crippen LogP contribution in [-0.2, 0) is 19.1 Å². The van der Waals surface area contributed by atoms with Gasteiger partial charge < -0.3 is 25.0 Å². The first-order valence-corrected chi connectivity index (χ1v) is 16.9. The first-order chi connectivity index (χ1) is 19.6. The van der Waals surface area contributed by atoms with Gasteiger partial charge in [-0.05, 0) is 111 Å². The van der Waals surface area contributed by atoms with E-state index in [1.54, 1.807) is 0 Å². The smallest absolute Gasteiger partial charge is 0.220 e. The van der Waals surface area contributed by atoms with Gasteiger partial charge >= 0.3 is 0 Å². The third kappa shape index (κ3) is 7.56. The van der Waals surface area contributed by atoms with E-state index >= 15 is 0 Å². The van der Waals surface area contributed by atoms with Crippen LogP contribution in [0, 0.1) is 46.3 Å². The molecule has 10 atom stereocenters. The zero-order valence-corrected chi connectivity index (χ0v) is 26.4. The largest absolute Gasteiger partial charge is 0.393 e. The molecule has 4 rings (SSSR count). The molecule has 0 radical (unpaired) electrons. The Kier molecular flexibility index (Phi) is 11.7. The summed E-state index contributed by atoms with van der Waals surface area (Å²) in [6.45, 7) is 11.8. The predicted octanol–water partition coefficient (Wildman–Crippen LogP) is 5.30. The number of rotatable bonds is 15. The van der Waals surface area contributed by atoms with Crippen molar-refractivity contribution in [1.82, 2.24) is 5.32 Å². The van der Waals surface area contributed by atoms with E-state index in [1.807, 2.05) is 6.92 Å². The summed E-state index contributed by atoms with van der Waals surface area (Å²) in [5.41, 5.74) is 0.510. The van der Waals surface area contributed by atoms with Crippen molar-refractivity contribution in [3.05, 3.63) is 0 Å². The zero-order chi connectivity index (χ0) is 29.6. The number of ether oxygens (including phenoxy) is 2. The molecule has 0 aromatic rings. The molecule has 1 amide bonds. The number of aliphatic hydroxyl groups is 2. The first-order valence-electron chi connectivity index (χ1n) is 16.9. The molecule has 0 heterocycles. The Labute approximate surface area is 248 Å². The van der Waals surface area contributed by atoms with Gasteiger partial charge in [0.1, 0.15) is 5.78 Å². The highest BCUT2D eigenvalue weighted by molar-refractivity contribution is 5.77. The number of carbonyl (C=O) groups is 2. The van der Waals surface area contributed by atoms with Crippen molar-refractivity contribution in [1.29, 1.82) is 0 Å². The van der Waals surface area contributed by atoms with Gasteiger partial charge in [0.25, 0.3) is 0 Å². The summed E-state index contributed by atoms with van der Waals surface area (Å²) in [4.78, 5) is 23.8. The molecule has 4 aliphatic carbocycles. The van der Waals surface area contributed by atoms with E-state index in [0.29, 0.717) is 87.7 Å². The highest BCUT2D eigenvalue weighted by Gasteiger charge is 2.62. The van der Waals surface area contributed by atoms with Crippen LogP contribution in [0.3, 0.4) is 0 Å². The van der Waals surface area contributed by atoms with Crippen molar-refractivity contribution in [3.63, 3.8) is 0 Å². The molecule has 4 aliphatic rings. The summed E-state index contributed by atoms with van der Waals surface area (Å²) >= 11 is 0. The summed E-state index contributed by atoms with van der Waals surface area (Å²) in [5.74, 6) is 3.46. The van der Waals surface area contributed by atoms with Gasteiger partial charge in [0.2, 0.25) is 5.91 Å². The highest BCUT2D eigenvalue weighted by Crippen LogP contribution is 2.68. The van der Waals surface area contributed by atoms with Crippen LogP contribution in [0.2, 0.25) is 0 Å². The SMILES string of the molecule is CCC(=O)CCCOCCOCCNC(=O)CC[C@@H](C)C1CC[C@H]2[C@@H]3[C@H](O)C[C@@H]4C[C@H](O)CC[C@]4(C)[C@H]3CC[C@]12C. The van der Waals surface area contributed by atoms with Crippen LogP contribution in [0.4, 0.5) is 0 Å². The maximum Gasteiger partial charge on any atom is 0.220 e. The minimum atomic E-state index is -0.238. The number of hydrogen-bond donors (Lipinski definition) is 3. The maximum atomic E-state index is 12.6. The highest BCUT2D eigenvalue weighted by atomic mass is 16.5. The lowest BCUT2D eigenvalue weighted by Gasteiger charge is -2.62. The van der Waals surface area contributed by atoms with Gasteiger partial charge in [-0.25, -0.2) is 0 Å².